The van der Waals surface area contributed by atoms with Gasteiger partial charge in [-0.3, -0.25) is 9.97 Å². The first-order valence-electron chi connectivity index (χ1n) is 20.3. The van der Waals surface area contributed by atoms with E-state index >= 15 is 0 Å². The van der Waals surface area contributed by atoms with Crippen LogP contribution in [0.2, 0.25) is 0 Å². The summed E-state index contributed by atoms with van der Waals surface area (Å²) in [4.78, 5) is 9.43. The highest BCUT2D eigenvalue weighted by molar-refractivity contribution is 6.18. The Bertz CT molecular complexity index is 3250. The smallest absolute Gasteiger partial charge is 0.0992 e. The van der Waals surface area contributed by atoms with Gasteiger partial charge in [0.2, 0.25) is 0 Å². The van der Waals surface area contributed by atoms with Gasteiger partial charge in [-0.1, -0.05) is 121 Å². The van der Waals surface area contributed by atoms with Crippen LogP contribution in [-0.4, -0.2) is 9.97 Å². The number of benzene rings is 6. The molecule has 6 aromatic carbocycles. The number of aromatic nitrogens is 2. The van der Waals surface area contributed by atoms with E-state index in [-0.39, 0.29) is 0 Å². The van der Waals surface area contributed by atoms with Crippen LogP contribution in [0.3, 0.4) is 0 Å². The fourth-order valence-corrected chi connectivity index (χ4v) is 9.70. The number of nitriles is 2. The quantitative estimate of drug-likeness (QED) is 0.0898. The molecule has 0 aliphatic heterocycles. The predicted molar refractivity (Wildman–Crippen MR) is 246 cm³/mol. The van der Waals surface area contributed by atoms with E-state index in [1.807, 2.05) is 18.3 Å². The molecule has 8 aromatic rings. The molecule has 0 radical (unpaired) electrons. The van der Waals surface area contributed by atoms with Gasteiger partial charge in [-0.25, -0.2) is 0 Å². The van der Waals surface area contributed by atoms with Gasteiger partial charge in [-0.2, -0.15) is 10.5 Å². The highest BCUT2D eigenvalue weighted by Gasteiger charge is 2.53. The van der Waals surface area contributed by atoms with E-state index in [1.165, 1.54) is 56.1 Å². The average molecular weight is 783 g/mol. The molecule has 0 atom stereocenters. The first kappa shape index (κ1) is 37.0. The minimum atomic E-state index is -0.650. The first-order chi connectivity index (χ1) is 30.1. The molecule has 0 saturated carbocycles. The number of fused-ring (bicyclic) bond motifs is 14. The minimum absolute atomic E-state index is 0.542. The lowest BCUT2D eigenvalue weighted by Gasteiger charge is -2.31. The molecule has 1 spiro atoms. The van der Waals surface area contributed by atoms with Gasteiger partial charge in [-0.15, -0.1) is 0 Å². The van der Waals surface area contributed by atoms with Crippen LogP contribution in [0.5, 0.6) is 0 Å². The van der Waals surface area contributed by atoms with Crippen molar-refractivity contribution in [1.82, 2.24) is 9.97 Å². The van der Waals surface area contributed by atoms with Gasteiger partial charge in [0.1, 0.15) is 0 Å². The average Bonchev–Trinajstić information content (AvgIpc) is 3.79. The van der Waals surface area contributed by atoms with Crippen LogP contribution in [0.4, 0.5) is 0 Å². The molecule has 10 rings (SSSR count). The Kier molecular flexibility index (Phi) is 9.17. The molecule has 6 heteroatoms. The fourth-order valence-electron chi connectivity index (χ4n) is 9.70. The second-order valence-electron chi connectivity index (χ2n) is 15.3. The van der Waals surface area contributed by atoms with E-state index in [1.54, 1.807) is 30.6 Å². The van der Waals surface area contributed by atoms with E-state index in [0.29, 0.717) is 28.9 Å². The normalized spacial score (nSPS) is 13.7. The summed E-state index contributed by atoms with van der Waals surface area (Å²) in [6.07, 6.45) is 15.8. The number of hydrogen-bond acceptors (Lipinski definition) is 6. The Morgan fingerprint density at radius 1 is 0.607 bits per heavy atom. The van der Waals surface area contributed by atoms with Gasteiger partial charge in [0.15, 0.2) is 0 Å². The summed E-state index contributed by atoms with van der Waals surface area (Å²) in [5.41, 5.74) is 27.8. The molecule has 0 saturated heterocycles. The molecule has 4 N–H and O–H groups in total. The van der Waals surface area contributed by atoms with E-state index in [2.05, 4.69) is 145 Å². The molecule has 2 aromatic heterocycles. The molecule has 0 unspecified atom stereocenters. The van der Waals surface area contributed by atoms with Crippen LogP contribution >= 0.6 is 0 Å². The summed E-state index contributed by atoms with van der Waals surface area (Å²) < 4.78 is 0. The number of hydrogen-bond donors (Lipinski definition) is 2. The van der Waals surface area contributed by atoms with Crippen molar-refractivity contribution in [2.75, 3.05) is 0 Å². The molecule has 0 bridgehead atoms. The number of nitrogens with zero attached hydrogens (tertiary/aromatic N) is 4. The maximum absolute atomic E-state index is 9.53. The van der Waals surface area contributed by atoms with Gasteiger partial charge in [0, 0.05) is 29.7 Å². The summed E-state index contributed by atoms with van der Waals surface area (Å²) in [6, 6.07) is 51.9. The van der Waals surface area contributed by atoms with Crippen LogP contribution in [-0.2, 0) is 5.41 Å². The van der Waals surface area contributed by atoms with Crippen LogP contribution < -0.4 is 11.5 Å². The van der Waals surface area contributed by atoms with Crippen LogP contribution in [0.1, 0.15) is 46.2 Å². The number of nitrogens with two attached hydrogens (primary N) is 2. The van der Waals surface area contributed by atoms with E-state index in [9.17, 15) is 10.5 Å². The summed E-state index contributed by atoms with van der Waals surface area (Å²) in [6.45, 7) is 0. The fraction of sp³-hybridized carbons (Fsp3) is 0.0545. The predicted octanol–water partition coefficient (Wildman–Crippen LogP) is 11.9. The largest absolute Gasteiger partial charge is 0.405 e. The zero-order chi connectivity index (χ0) is 41.5. The third-order valence-electron chi connectivity index (χ3n) is 12.2. The molecule has 2 aliphatic carbocycles. The Labute approximate surface area is 354 Å². The zero-order valence-electron chi connectivity index (χ0n) is 33.2. The third kappa shape index (κ3) is 5.77. The van der Waals surface area contributed by atoms with Crippen molar-refractivity contribution in [2.45, 2.75) is 18.3 Å². The molecule has 288 valence electrons. The third-order valence-corrected chi connectivity index (χ3v) is 12.2. The van der Waals surface area contributed by atoms with Gasteiger partial charge in [-0.05, 0) is 138 Å². The van der Waals surface area contributed by atoms with Crippen molar-refractivity contribution in [2.24, 2.45) is 11.5 Å². The standard InChI is InChI=1S/C55H38N6/c56-26-24-35(31-57)12-2-1-3-13-37(33-59)45-29-49-53(43-18-6-4-14-39(43)45)54-44-19-7-5-15-40(44)46(38-22-23-51(61-34-38)52-28-36(32-58)25-27-60-52)30-50(54)55(49)47-20-10-8-16-41(47)42-17-9-11-21-48(42)55/h3-30,33-34H,1-2,56,59H2/b13-3-,26-24-,35-12+,37-33+. The molecule has 6 nitrogen and oxygen atoms in total. The number of unbranched alkanes of at least 4 members (excludes halogenated alkanes) is 1. The van der Waals surface area contributed by atoms with E-state index < -0.39 is 5.41 Å². The highest BCUT2D eigenvalue weighted by Crippen LogP contribution is 2.66. The van der Waals surface area contributed by atoms with Gasteiger partial charge in [0.25, 0.3) is 0 Å². The highest BCUT2D eigenvalue weighted by atomic mass is 14.8. The monoisotopic (exact) mass is 782 g/mol. The molecular weight excluding hydrogens is 745 g/mol. The van der Waals surface area contributed by atoms with E-state index in [4.69, 9.17) is 16.5 Å². The van der Waals surface area contributed by atoms with Crippen molar-refractivity contribution in [3.05, 3.63) is 222 Å². The van der Waals surface area contributed by atoms with Crippen LogP contribution in [0, 0.1) is 22.7 Å². The molecule has 0 amide bonds. The zero-order valence-corrected chi connectivity index (χ0v) is 33.2. The van der Waals surface area contributed by atoms with E-state index in [0.717, 1.165) is 44.8 Å². The van der Waals surface area contributed by atoms with Crippen molar-refractivity contribution in [1.29, 1.82) is 10.5 Å². The second-order valence-corrected chi connectivity index (χ2v) is 15.3. The number of rotatable bonds is 8. The molecular formula is C55H38N6. The first-order valence-corrected chi connectivity index (χ1v) is 20.3. The summed E-state index contributed by atoms with van der Waals surface area (Å²) in [7, 11) is 0. The Morgan fingerprint density at radius 3 is 1.92 bits per heavy atom. The Hall–Kier alpha value is -8.32. The lowest BCUT2D eigenvalue weighted by atomic mass is 9.69. The molecule has 2 aliphatic rings. The summed E-state index contributed by atoms with van der Waals surface area (Å²) >= 11 is 0. The number of pyridine rings is 2. The molecule has 61 heavy (non-hydrogen) atoms. The van der Waals surface area contributed by atoms with Crippen molar-refractivity contribution in [3.8, 4) is 56.9 Å². The Balaban J connectivity index is 1.24. The van der Waals surface area contributed by atoms with Gasteiger partial charge in [0.05, 0.1) is 34.5 Å². The molecule has 0 fully saturated rings. The minimum Gasteiger partial charge on any atom is -0.405 e. The SMILES string of the molecule is N#CC(/C=C\N)=C/CC/C=C\C(=C/N)c1cc2c(c3ccccc13)-c1c(cc(-c3ccc(-c4cc(C#N)ccn4)nc3)c3ccccc13)C21c2ccccc2-c2ccccc21. The Morgan fingerprint density at radius 2 is 1.26 bits per heavy atom. The van der Waals surface area contributed by atoms with Gasteiger partial charge < -0.3 is 11.5 Å². The summed E-state index contributed by atoms with van der Waals surface area (Å²) in [5, 5.41) is 23.6. The van der Waals surface area contributed by atoms with Crippen molar-refractivity contribution >= 4 is 27.1 Å². The summed E-state index contributed by atoms with van der Waals surface area (Å²) in [5.74, 6) is 0. The maximum Gasteiger partial charge on any atom is 0.0992 e. The van der Waals surface area contributed by atoms with Crippen LogP contribution in [0.15, 0.2) is 188 Å². The topological polar surface area (TPSA) is 125 Å². The van der Waals surface area contributed by atoms with Crippen molar-refractivity contribution in [3.63, 3.8) is 0 Å². The number of allylic oxidation sites excluding steroid dienone is 6. The second kappa shape index (κ2) is 15.1. The molecule has 2 heterocycles. The maximum atomic E-state index is 9.53. The lowest BCUT2D eigenvalue weighted by molar-refractivity contribution is 0.795. The van der Waals surface area contributed by atoms with Crippen molar-refractivity contribution < 1.29 is 0 Å². The van der Waals surface area contributed by atoms with Gasteiger partial charge >= 0.3 is 0 Å². The lowest BCUT2D eigenvalue weighted by Crippen LogP contribution is -2.26. The van der Waals surface area contributed by atoms with Crippen LogP contribution in [0.25, 0.3) is 71.9 Å².